The molecule has 0 radical (unpaired) electrons. The van der Waals surface area contributed by atoms with E-state index < -0.39 is 0 Å². The summed E-state index contributed by atoms with van der Waals surface area (Å²) in [5.74, 6) is 4.12. The molecule has 1 atom stereocenters. The van der Waals surface area contributed by atoms with E-state index in [0.717, 1.165) is 12.3 Å². The largest absolute Gasteiger partial charge is 0.302 e. The van der Waals surface area contributed by atoms with Gasteiger partial charge in [0.05, 0.1) is 0 Å². The molecule has 1 fully saturated rings. The fraction of sp³-hybridized carbons (Fsp3) is 0.571. The molecule has 2 rings (SSSR count). The first kappa shape index (κ1) is 13.3. The molecule has 1 unspecified atom stereocenters. The molecule has 1 heterocycles. The Kier molecular flexibility index (Phi) is 5.75. The lowest BCUT2D eigenvalue weighted by molar-refractivity contribution is 0.282. The molecule has 1 saturated heterocycles. The molecule has 3 heteroatoms. The van der Waals surface area contributed by atoms with E-state index in [1.807, 2.05) is 0 Å². The van der Waals surface area contributed by atoms with Gasteiger partial charge in [0.2, 0.25) is 0 Å². The molecule has 1 nitrogen and oxygen atoms in total. The third-order valence-electron chi connectivity index (χ3n) is 3.28. The molecule has 0 amide bonds. The Labute approximate surface area is 114 Å². The maximum absolute atomic E-state index is 4.52. The van der Waals surface area contributed by atoms with Gasteiger partial charge in [0.25, 0.3) is 0 Å². The lowest BCUT2D eigenvalue weighted by Crippen LogP contribution is -2.31. The van der Waals surface area contributed by atoms with Gasteiger partial charge in [-0.15, -0.1) is 0 Å². The van der Waals surface area contributed by atoms with Gasteiger partial charge in [-0.25, -0.2) is 0 Å². The lowest BCUT2D eigenvalue weighted by atomic mass is 10.0. The molecule has 0 bridgehead atoms. The SMILES string of the molecule is SCC(CN1CCCSCC1)c1ccccc1. The Balaban J connectivity index is 1.94. The first-order valence-electron chi connectivity index (χ1n) is 6.36. The van der Waals surface area contributed by atoms with E-state index in [2.05, 4.69) is 59.6 Å². The van der Waals surface area contributed by atoms with Crippen molar-refractivity contribution in [1.29, 1.82) is 0 Å². The molecular weight excluding hydrogens is 246 g/mol. The highest BCUT2D eigenvalue weighted by atomic mass is 32.2. The van der Waals surface area contributed by atoms with Crippen LogP contribution in [0.3, 0.4) is 0 Å². The van der Waals surface area contributed by atoms with Crippen molar-refractivity contribution in [3.8, 4) is 0 Å². The van der Waals surface area contributed by atoms with Gasteiger partial charge < -0.3 is 4.90 Å². The summed E-state index contributed by atoms with van der Waals surface area (Å²) in [6, 6.07) is 10.8. The number of thiol groups is 1. The van der Waals surface area contributed by atoms with Crippen LogP contribution in [0.2, 0.25) is 0 Å². The normalized spacial score (nSPS) is 19.8. The second-order valence-corrected chi connectivity index (χ2v) is 6.15. The van der Waals surface area contributed by atoms with Crippen LogP contribution in [0.4, 0.5) is 0 Å². The Morgan fingerprint density at radius 1 is 1.18 bits per heavy atom. The predicted octanol–water partition coefficient (Wildman–Crippen LogP) is 3.14. The Morgan fingerprint density at radius 2 is 2.00 bits per heavy atom. The Morgan fingerprint density at radius 3 is 2.76 bits per heavy atom. The maximum atomic E-state index is 4.52. The third-order valence-corrected chi connectivity index (χ3v) is 4.77. The smallest absolute Gasteiger partial charge is 0.00726 e. The van der Waals surface area contributed by atoms with Crippen LogP contribution in [-0.4, -0.2) is 41.8 Å². The topological polar surface area (TPSA) is 3.24 Å². The monoisotopic (exact) mass is 267 g/mol. The second-order valence-electron chi connectivity index (χ2n) is 4.56. The zero-order valence-corrected chi connectivity index (χ0v) is 11.9. The number of thioether (sulfide) groups is 1. The lowest BCUT2D eigenvalue weighted by Gasteiger charge is -2.25. The fourth-order valence-electron chi connectivity index (χ4n) is 2.29. The van der Waals surface area contributed by atoms with E-state index in [-0.39, 0.29) is 0 Å². The summed E-state index contributed by atoms with van der Waals surface area (Å²) < 4.78 is 0. The minimum absolute atomic E-state index is 0.572. The van der Waals surface area contributed by atoms with Crippen LogP contribution in [0.15, 0.2) is 30.3 Å². The van der Waals surface area contributed by atoms with Crippen molar-refractivity contribution in [1.82, 2.24) is 4.90 Å². The van der Waals surface area contributed by atoms with Crippen LogP contribution < -0.4 is 0 Å². The van der Waals surface area contributed by atoms with Crippen LogP contribution in [-0.2, 0) is 0 Å². The molecule has 1 aromatic rings. The summed E-state index contributed by atoms with van der Waals surface area (Å²) in [7, 11) is 0. The summed E-state index contributed by atoms with van der Waals surface area (Å²) in [5, 5.41) is 0. The van der Waals surface area contributed by atoms with Crippen LogP contribution in [0.5, 0.6) is 0 Å². The van der Waals surface area contributed by atoms with Crippen LogP contribution >= 0.6 is 24.4 Å². The Bertz CT molecular complexity index is 307. The summed E-state index contributed by atoms with van der Waals surface area (Å²) >= 11 is 6.61. The standard InChI is InChI=1S/C14H21NS2/c16-12-14(13-5-2-1-3-6-13)11-15-7-4-9-17-10-8-15/h1-3,5-6,14,16H,4,7-12H2. The fourth-order valence-corrected chi connectivity index (χ4v) is 3.54. The minimum atomic E-state index is 0.572. The number of rotatable bonds is 4. The summed E-state index contributed by atoms with van der Waals surface area (Å²) in [4.78, 5) is 2.61. The van der Waals surface area contributed by atoms with E-state index >= 15 is 0 Å². The van der Waals surface area contributed by atoms with E-state index in [4.69, 9.17) is 0 Å². The first-order chi connectivity index (χ1) is 8.40. The van der Waals surface area contributed by atoms with E-state index in [0.29, 0.717) is 5.92 Å². The average Bonchev–Trinajstić information content (AvgIpc) is 2.65. The van der Waals surface area contributed by atoms with Gasteiger partial charge in [0.15, 0.2) is 0 Å². The highest BCUT2D eigenvalue weighted by Crippen LogP contribution is 2.20. The van der Waals surface area contributed by atoms with Crippen LogP contribution in [0, 0.1) is 0 Å². The van der Waals surface area contributed by atoms with Gasteiger partial charge in [-0.3, -0.25) is 0 Å². The highest BCUT2D eigenvalue weighted by molar-refractivity contribution is 7.99. The molecule has 0 saturated carbocycles. The minimum Gasteiger partial charge on any atom is -0.302 e. The molecule has 0 aliphatic carbocycles. The van der Waals surface area contributed by atoms with Gasteiger partial charge in [-0.2, -0.15) is 24.4 Å². The van der Waals surface area contributed by atoms with Gasteiger partial charge >= 0.3 is 0 Å². The second kappa shape index (κ2) is 7.34. The summed E-state index contributed by atoms with van der Waals surface area (Å²) in [5.41, 5.74) is 1.43. The van der Waals surface area contributed by atoms with Gasteiger partial charge in [0.1, 0.15) is 0 Å². The van der Waals surface area contributed by atoms with Crippen molar-refractivity contribution < 1.29 is 0 Å². The molecular formula is C14H21NS2. The van der Waals surface area contributed by atoms with Crippen molar-refractivity contribution in [2.24, 2.45) is 0 Å². The van der Waals surface area contributed by atoms with Gasteiger partial charge in [-0.1, -0.05) is 30.3 Å². The van der Waals surface area contributed by atoms with Crippen molar-refractivity contribution in [3.63, 3.8) is 0 Å². The van der Waals surface area contributed by atoms with Crippen molar-refractivity contribution in [2.75, 3.05) is 36.9 Å². The van der Waals surface area contributed by atoms with Gasteiger partial charge in [-0.05, 0) is 30.0 Å². The number of nitrogens with zero attached hydrogens (tertiary/aromatic N) is 1. The van der Waals surface area contributed by atoms with E-state index in [1.54, 1.807) is 0 Å². The molecule has 1 aliphatic heterocycles. The van der Waals surface area contributed by atoms with Crippen LogP contribution in [0.1, 0.15) is 17.9 Å². The summed E-state index contributed by atoms with van der Waals surface area (Å²) in [6.45, 7) is 3.65. The molecule has 0 spiro atoms. The quantitative estimate of drug-likeness (QED) is 0.835. The molecule has 17 heavy (non-hydrogen) atoms. The predicted molar refractivity (Wildman–Crippen MR) is 81.4 cm³/mol. The van der Waals surface area contributed by atoms with Crippen molar-refractivity contribution in [2.45, 2.75) is 12.3 Å². The zero-order chi connectivity index (χ0) is 11.9. The van der Waals surface area contributed by atoms with Crippen molar-refractivity contribution in [3.05, 3.63) is 35.9 Å². The molecule has 0 N–H and O–H groups in total. The van der Waals surface area contributed by atoms with Gasteiger partial charge in [0, 0.05) is 24.8 Å². The molecule has 0 aromatic heterocycles. The third kappa shape index (κ3) is 4.23. The number of hydrogen-bond donors (Lipinski definition) is 1. The maximum Gasteiger partial charge on any atom is 0.00726 e. The first-order valence-corrected chi connectivity index (χ1v) is 8.15. The van der Waals surface area contributed by atoms with E-state index in [1.165, 1.54) is 36.6 Å². The number of benzene rings is 1. The Hall–Kier alpha value is -0.120. The molecule has 1 aromatic carbocycles. The molecule has 1 aliphatic rings. The van der Waals surface area contributed by atoms with Crippen LogP contribution in [0.25, 0.3) is 0 Å². The van der Waals surface area contributed by atoms with E-state index in [9.17, 15) is 0 Å². The highest BCUT2D eigenvalue weighted by Gasteiger charge is 2.16. The molecule has 94 valence electrons. The zero-order valence-electron chi connectivity index (χ0n) is 10.2. The van der Waals surface area contributed by atoms with Crippen molar-refractivity contribution >= 4 is 24.4 Å². The average molecular weight is 267 g/mol. The summed E-state index contributed by atoms with van der Waals surface area (Å²) in [6.07, 6.45) is 1.33. The number of hydrogen-bond acceptors (Lipinski definition) is 3.